The van der Waals surface area contributed by atoms with Crippen LogP contribution in [0.4, 0.5) is 11.4 Å². The molecular formula is C20H26N4O3. The molecule has 0 bridgehead atoms. The molecule has 1 saturated heterocycles. The summed E-state index contributed by atoms with van der Waals surface area (Å²) in [6, 6.07) is 9.34. The molecule has 27 heavy (non-hydrogen) atoms. The maximum atomic E-state index is 12.2. The molecular weight excluding hydrogens is 344 g/mol. The van der Waals surface area contributed by atoms with Crippen LogP contribution in [0.5, 0.6) is 0 Å². The summed E-state index contributed by atoms with van der Waals surface area (Å²) in [6.07, 6.45) is 1.64. The highest BCUT2D eigenvalue weighted by Gasteiger charge is 2.15. The van der Waals surface area contributed by atoms with Crippen LogP contribution in [0.15, 0.2) is 41.0 Å². The van der Waals surface area contributed by atoms with Crippen molar-refractivity contribution >= 4 is 23.2 Å². The van der Waals surface area contributed by atoms with Crippen molar-refractivity contribution in [2.45, 2.75) is 13.3 Å². The van der Waals surface area contributed by atoms with Crippen molar-refractivity contribution in [3.05, 3.63) is 47.9 Å². The molecule has 1 fully saturated rings. The van der Waals surface area contributed by atoms with E-state index in [9.17, 15) is 9.59 Å². The quantitative estimate of drug-likeness (QED) is 0.814. The highest BCUT2D eigenvalue weighted by atomic mass is 16.3. The molecule has 2 amide bonds. The Morgan fingerprint density at radius 2 is 1.93 bits per heavy atom. The van der Waals surface area contributed by atoms with Gasteiger partial charge in [0.1, 0.15) is 0 Å². The van der Waals surface area contributed by atoms with Crippen molar-refractivity contribution in [2.75, 3.05) is 50.0 Å². The average Bonchev–Trinajstić information content (AvgIpc) is 3.19. The van der Waals surface area contributed by atoms with Crippen molar-refractivity contribution in [1.82, 2.24) is 10.2 Å². The molecule has 2 N–H and O–H groups in total. The fourth-order valence-electron chi connectivity index (χ4n) is 3.05. The second kappa shape index (κ2) is 8.73. The Balaban J connectivity index is 1.48. The number of rotatable bonds is 6. The van der Waals surface area contributed by atoms with Crippen LogP contribution in [0.25, 0.3) is 0 Å². The molecule has 144 valence electrons. The minimum absolute atomic E-state index is 0.134. The van der Waals surface area contributed by atoms with Gasteiger partial charge in [0.2, 0.25) is 5.91 Å². The molecule has 3 rings (SSSR count). The number of anilines is 2. The SMILES string of the molecule is Cc1cc(N2CCN(C)CC2)ccc1NC(=O)CCNC(=O)c1ccco1. The number of carbonyl (C=O) groups excluding carboxylic acids is 2. The zero-order valence-corrected chi connectivity index (χ0v) is 15.8. The van der Waals surface area contributed by atoms with Crippen molar-refractivity contribution < 1.29 is 14.0 Å². The molecule has 0 aliphatic carbocycles. The molecule has 7 nitrogen and oxygen atoms in total. The molecule has 0 atom stereocenters. The van der Waals surface area contributed by atoms with Gasteiger partial charge in [-0.2, -0.15) is 0 Å². The van der Waals surface area contributed by atoms with Gasteiger partial charge in [0, 0.05) is 50.5 Å². The minimum Gasteiger partial charge on any atom is -0.459 e. The first kappa shape index (κ1) is 19.0. The summed E-state index contributed by atoms with van der Waals surface area (Å²) >= 11 is 0. The number of carbonyl (C=O) groups is 2. The van der Waals surface area contributed by atoms with Gasteiger partial charge in [0.05, 0.1) is 6.26 Å². The predicted molar refractivity (Wildman–Crippen MR) is 105 cm³/mol. The number of nitrogens with zero attached hydrogens (tertiary/aromatic N) is 2. The first-order chi connectivity index (χ1) is 13.0. The fraction of sp³-hybridized carbons (Fsp3) is 0.400. The Morgan fingerprint density at radius 3 is 2.59 bits per heavy atom. The molecule has 0 radical (unpaired) electrons. The second-order valence-corrected chi connectivity index (χ2v) is 6.82. The number of piperazine rings is 1. The van der Waals surface area contributed by atoms with Crippen LogP contribution in [-0.4, -0.2) is 56.5 Å². The lowest BCUT2D eigenvalue weighted by atomic mass is 10.1. The van der Waals surface area contributed by atoms with E-state index < -0.39 is 0 Å². The van der Waals surface area contributed by atoms with E-state index in [1.54, 1.807) is 12.1 Å². The van der Waals surface area contributed by atoms with E-state index in [2.05, 4.69) is 33.5 Å². The van der Waals surface area contributed by atoms with Gasteiger partial charge < -0.3 is 24.9 Å². The smallest absolute Gasteiger partial charge is 0.286 e. The van der Waals surface area contributed by atoms with Gasteiger partial charge in [-0.05, 0) is 49.9 Å². The largest absolute Gasteiger partial charge is 0.459 e. The summed E-state index contributed by atoms with van der Waals surface area (Å²) in [5.41, 5.74) is 3.01. The summed E-state index contributed by atoms with van der Waals surface area (Å²) < 4.78 is 5.01. The van der Waals surface area contributed by atoms with Crippen LogP contribution in [0.3, 0.4) is 0 Å². The Morgan fingerprint density at radius 1 is 1.15 bits per heavy atom. The van der Waals surface area contributed by atoms with Crippen LogP contribution in [0.2, 0.25) is 0 Å². The number of amides is 2. The number of hydrogen-bond donors (Lipinski definition) is 2. The van der Waals surface area contributed by atoms with Gasteiger partial charge in [-0.3, -0.25) is 9.59 Å². The van der Waals surface area contributed by atoms with Crippen molar-refractivity contribution in [3.63, 3.8) is 0 Å². The lowest BCUT2D eigenvalue weighted by Crippen LogP contribution is -2.44. The monoisotopic (exact) mass is 370 g/mol. The molecule has 1 aliphatic rings. The Hall–Kier alpha value is -2.80. The van der Waals surface area contributed by atoms with Crippen molar-refractivity contribution in [2.24, 2.45) is 0 Å². The highest BCUT2D eigenvalue weighted by Crippen LogP contribution is 2.23. The van der Waals surface area contributed by atoms with E-state index in [1.807, 2.05) is 19.1 Å². The van der Waals surface area contributed by atoms with Gasteiger partial charge in [0.25, 0.3) is 5.91 Å². The Kier molecular flexibility index (Phi) is 6.13. The number of aryl methyl sites for hydroxylation is 1. The standard InChI is InChI=1S/C20H26N4O3/c1-15-14-16(24-11-9-23(2)10-12-24)5-6-17(15)22-19(25)7-8-21-20(26)18-4-3-13-27-18/h3-6,13-14H,7-12H2,1-2H3,(H,21,26)(H,22,25). The van der Waals surface area contributed by atoms with Crippen molar-refractivity contribution in [1.29, 1.82) is 0 Å². The van der Waals surface area contributed by atoms with E-state index in [0.717, 1.165) is 37.4 Å². The van der Waals surface area contributed by atoms with Gasteiger partial charge in [-0.25, -0.2) is 0 Å². The van der Waals surface area contributed by atoms with E-state index in [0.29, 0.717) is 0 Å². The third kappa shape index (κ3) is 5.10. The van der Waals surface area contributed by atoms with Gasteiger partial charge in [0.15, 0.2) is 5.76 Å². The first-order valence-corrected chi connectivity index (χ1v) is 9.18. The number of hydrogen-bond acceptors (Lipinski definition) is 5. The number of furan rings is 1. The second-order valence-electron chi connectivity index (χ2n) is 6.82. The molecule has 0 saturated carbocycles. The molecule has 1 aliphatic heterocycles. The minimum atomic E-state index is -0.319. The van der Waals surface area contributed by atoms with E-state index in [1.165, 1.54) is 12.0 Å². The normalized spacial score (nSPS) is 14.8. The summed E-state index contributed by atoms with van der Waals surface area (Å²) in [7, 11) is 2.14. The Labute approximate surface area is 159 Å². The predicted octanol–water partition coefficient (Wildman–Crippen LogP) is 2.10. The molecule has 0 unspecified atom stereocenters. The maximum Gasteiger partial charge on any atom is 0.286 e. The van der Waals surface area contributed by atoms with Crippen LogP contribution in [0, 0.1) is 6.92 Å². The van der Waals surface area contributed by atoms with Crippen LogP contribution < -0.4 is 15.5 Å². The van der Waals surface area contributed by atoms with Crippen LogP contribution >= 0.6 is 0 Å². The number of nitrogens with one attached hydrogen (secondary N) is 2. The topological polar surface area (TPSA) is 77.8 Å². The molecule has 2 aromatic rings. The molecule has 1 aromatic carbocycles. The molecule has 7 heteroatoms. The summed E-state index contributed by atoms with van der Waals surface area (Å²) in [5, 5.41) is 5.58. The summed E-state index contributed by atoms with van der Waals surface area (Å²) in [5.74, 6) is -0.212. The van der Waals surface area contributed by atoms with Gasteiger partial charge in [-0.1, -0.05) is 0 Å². The number of benzene rings is 1. The van der Waals surface area contributed by atoms with Gasteiger partial charge in [-0.15, -0.1) is 0 Å². The van der Waals surface area contributed by atoms with E-state index in [4.69, 9.17) is 4.42 Å². The lowest BCUT2D eigenvalue weighted by Gasteiger charge is -2.34. The zero-order chi connectivity index (χ0) is 19.2. The van der Waals surface area contributed by atoms with E-state index in [-0.39, 0.29) is 30.5 Å². The third-order valence-electron chi connectivity index (χ3n) is 4.74. The van der Waals surface area contributed by atoms with Crippen LogP contribution in [-0.2, 0) is 4.79 Å². The molecule has 2 heterocycles. The highest BCUT2D eigenvalue weighted by molar-refractivity contribution is 5.94. The zero-order valence-electron chi connectivity index (χ0n) is 15.8. The Bertz CT molecular complexity index is 781. The average molecular weight is 370 g/mol. The third-order valence-corrected chi connectivity index (χ3v) is 4.74. The lowest BCUT2D eigenvalue weighted by molar-refractivity contribution is -0.116. The number of likely N-dealkylation sites (N-methyl/N-ethyl adjacent to an activating group) is 1. The van der Waals surface area contributed by atoms with Crippen LogP contribution in [0.1, 0.15) is 22.5 Å². The van der Waals surface area contributed by atoms with E-state index >= 15 is 0 Å². The summed E-state index contributed by atoms with van der Waals surface area (Å²) in [4.78, 5) is 28.6. The molecule has 1 aromatic heterocycles. The first-order valence-electron chi connectivity index (χ1n) is 9.18. The van der Waals surface area contributed by atoms with Gasteiger partial charge >= 0.3 is 0 Å². The maximum absolute atomic E-state index is 12.2. The summed E-state index contributed by atoms with van der Waals surface area (Å²) in [6.45, 7) is 6.38. The fourth-order valence-corrected chi connectivity index (χ4v) is 3.05. The van der Waals surface area contributed by atoms with Crippen molar-refractivity contribution in [3.8, 4) is 0 Å². The molecule has 0 spiro atoms.